The molecule has 172 valence electrons. The SMILES string of the molecule is Cc1cccc(-c2[nH]c(O)nc2-c2ccc3ncc(C4=CCC5(CCNCC5)CC4)cc3c2)n1. The molecule has 1 saturated heterocycles. The smallest absolute Gasteiger partial charge is 0.292 e. The van der Waals surface area contributed by atoms with Gasteiger partial charge in [0.25, 0.3) is 6.01 Å². The number of H-pyrrole nitrogens is 1. The van der Waals surface area contributed by atoms with Gasteiger partial charge in [0.05, 0.1) is 16.9 Å². The second-order valence-corrected chi connectivity index (χ2v) is 9.76. The summed E-state index contributed by atoms with van der Waals surface area (Å²) in [6, 6.07) is 14.1. The number of allylic oxidation sites excluding steroid dienone is 2. The van der Waals surface area contributed by atoms with Crippen LogP contribution < -0.4 is 5.32 Å². The number of piperidine rings is 1. The van der Waals surface area contributed by atoms with Crippen LogP contribution in [0.5, 0.6) is 6.01 Å². The molecule has 34 heavy (non-hydrogen) atoms. The van der Waals surface area contributed by atoms with Crippen molar-refractivity contribution in [2.24, 2.45) is 5.41 Å². The maximum atomic E-state index is 10.1. The van der Waals surface area contributed by atoms with Crippen LogP contribution in [0.3, 0.4) is 0 Å². The molecular weight excluding hydrogens is 422 g/mol. The second-order valence-electron chi connectivity index (χ2n) is 9.76. The lowest BCUT2D eigenvalue weighted by atomic mass is 9.68. The van der Waals surface area contributed by atoms with Crippen LogP contribution in [-0.4, -0.2) is 38.1 Å². The van der Waals surface area contributed by atoms with Crippen molar-refractivity contribution in [2.75, 3.05) is 13.1 Å². The monoisotopic (exact) mass is 451 g/mol. The third-order valence-corrected chi connectivity index (χ3v) is 7.53. The van der Waals surface area contributed by atoms with E-state index in [-0.39, 0.29) is 6.01 Å². The fourth-order valence-electron chi connectivity index (χ4n) is 5.51. The molecule has 0 atom stereocenters. The average molecular weight is 452 g/mol. The first-order valence-electron chi connectivity index (χ1n) is 12.1. The Balaban J connectivity index is 1.35. The van der Waals surface area contributed by atoms with Gasteiger partial charge in [0, 0.05) is 22.8 Å². The van der Waals surface area contributed by atoms with Gasteiger partial charge in [0.2, 0.25) is 0 Å². The predicted octanol–water partition coefficient (Wildman–Crippen LogP) is 5.64. The van der Waals surface area contributed by atoms with Crippen molar-refractivity contribution in [3.05, 3.63) is 66.0 Å². The Kier molecular flexibility index (Phi) is 5.18. The number of benzene rings is 1. The summed E-state index contributed by atoms with van der Waals surface area (Å²) >= 11 is 0. The lowest BCUT2D eigenvalue weighted by molar-refractivity contribution is 0.184. The van der Waals surface area contributed by atoms with Crippen LogP contribution in [0.15, 0.2) is 54.7 Å². The normalized spacial score (nSPS) is 17.7. The van der Waals surface area contributed by atoms with Gasteiger partial charge in [-0.15, -0.1) is 0 Å². The minimum atomic E-state index is -0.112. The van der Waals surface area contributed by atoms with Crippen molar-refractivity contribution in [1.29, 1.82) is 0 Å². The van der Waals surface area contributed by atoms with Gasteiger partial charge in [-0.1, -0.05) is 18.2 Å². The molecule has 0 unspecified atom stereocenters. The summed E-state index contributed by atoms with van der Waals surface area (Å²) in [5.74, 6) is 0. The van der Waals surface area contributed by atoms with Crippen molar-refractivity contribution >= 4 is 16.5 Å². The summed E-state index contributed by atoms with van der Waals surface area (Å²) < 4.78 is 0. The Morgan fingerprint density at radius 2 is 1.82 bits per heavy atom. The molecule has 1 aromatic carbocycles. The van der Waals surface area contributed by atoms with Gasteiger partial charge >= 0.3 is 0 Å². The Morgan fingerprint density at radius 1 is 0.971 bits per heavy atom. The standard InChI is InChI=1S/C28H29N5O/c1-18-3-2-4-24(31-18)26-25(32-27(34)33-26)20-5-6-23-21(15-20)16-22(17-30-23)19-7-9-28(10-8-19)11-13-29-14-12-28/h2-7,15-17,29H,8-14H2,1H3,(H2,32,33,34). The van der Waals surface area contributed by atoms with E-state index in [9.17, 15) is 5.11 Å². The van der Waals surface area contributed by atoms with E-state index >= 15 is 0 Å². The van der Waals surface area contributed by atoms with E-state index in [0.29, 0.717) is 16.8 Å². The molecule has 6 nitrogen and oxygen atoms in total. The number of imidazole rings is 1. The third kappa shape index (κ3) is 3.88. The fraction of sp³-hybridized carbons (Fsp3) is 0.321. The number of hydrogen-bond acceptors (Lipinski definition) is 5. The highest BCUT2D eigenvalue weighted by Gasteiger charge is 2.33. The molecule has 1 aliphatic carbocycles. The quantitative estimate of drug-likeness (QED) is 0.375. The Hall–Kier alpha value is -3.51. The lowest BCUT2D eigenvalue weighted by Gasteiger charge is -2.40. The van der Waals surface area contributed by atoms with E-state index in [2.05, 4.69) is 38.5 Å². The number of hydrogen-bond donors (Lipinski definition) is 3. The van der Waals surface area contributed by atoms with Gasteiger partial charge < -0.3 is 15.4 Å². The largest absolute Gasteiger partial charge is 0.480 e. The molecule has 0 bridgehead atoms. The molecule has 0 saturated carbocycles. The maximum absolute atomic E-state index is 10.1. The molecule has 4 aromatic rings. The highest BCUT2D eigenvalue weighted by molar-refractivity contribution is 5.89. The molecule has 2 aliphatic rings. The molecule has 4 heterocycles. The first-order valence-corrected chi connectivity index (χ1v) is 12.1. The van der Waals surface area contributed by atoms with Crippen LogP contribution in [0.25, 0.3) is 39.1 Å². The first kappa shape index (κ1) is 21.1. The van der Waals surface area contributed by atoms with Crippen molar-refractivity contribution in [1.82, 2.24) is 25.3 Å². The summed E-state index contributed by atoms with van der Waals surface area (Å²) in [5.41, 5.74) is 8.06. The summed E-state index contributed by atoms with van der Waals surface area (Å²) in [6.45, 7) is 4.24. The molecule has 1 fully saturated rings. The van der Waals surface area contributed by atoms with Gasteiger partial charge in [0.1, 0.15) is 5.69 Å². The number of rotatable bonds is 3. The zero-order valence-electron chi connectivity index (χ0n) is 19.4. The number of aromatic nitrogens is 4. The number of nitrogens with one attached hydrogen (secondary N) is 2. The van der Waals surface area contributed by atoms with Crippen LogP contribution in [0, 0.1) is 12.3 Å². The van der Waals surface area contributed by atoms with Crippen LogP contribution in [0.1, 0.15) is 43.4 Å². The first-order chi connectivity index (χ1) is 16.6. The zero-order valence-corrected chi connectivity index (χ0v) is 19.4. The van der Waals surface area contributed by atoms with Gasteiger partial charge in [-0.25, -0.2) is 0 Å². The summed E-state index contributed by atoms with van der Waals surface area (Å²) in [6.07, 6.45) is 10.6. The van der Waals surface area contributed by atoms with Crippen LogP contribution >= 0.6 is 0 Å². The van der Waals surface area contributed by atoms with Crippen molar-refractivity contribution in [3.63, 3.8) is 0 Å². The molecule has 6 rings (SSSR count). The van der Waals surface area contributed by atoms with Crippen molar-refractivity contribution < 1.29 is 5.11 Å². The minimum Gasteiger partial charge on any atom is -0.480 e. The van der Waals surface area contributed by atoms with Crippen LogP contribution in [-0.2, 0) is 0 Å². The number of aromatic amines is 1. The lowest BCUT2D eigenvalue weighted by Crippen LogP contribution is -2.37. The molecular formula is C28H29N5O. The van der Waals surface area contributed by atoms with E-state index in [4.69, 9.17) is 4.98 Å². The summed E-state index contributed by atoms with van der Waals surface area (Å²) in [5, 5.41) is 14.7. The van der Waals surface area contributed by atoms with E-state index in [0.717, 1.165) is 47.4 Å². The number of aryl methyl sites for hydroxylation is 1. The minimum absolute atomic E-state index is 0.112. The third-order valence-electron chi connectivity index (χ3n) is 7.53. The Labute approximate surface area is 199 Å². The van der Waals surface area contributed by atoms with Gasteiger partial charge in [-0.2, -0.15) is 4.98 Å². The molecule has 6 heteroatoms. The highest BCUT2D eigenvalue weighted by atomic mass is 16.3. The molecule has 1 spiro atoms. The van der Waals surface area contributed by atoms with Crippen LogP contribution in [0.4, 0.5) is 0 Å². The van der Waals surface area contributed by atoms with Gasteiger partial charge in [-0.3, -0.25) is 9.97 Å². The van der Waals surface area contributed by atoms with Crippen molar-refractivity contribution in [2.45, 2.75) is 39.0 Å². The number of nitrogens with zero attached hydrogens (tertiary/aromatic N) is 3. The average Bonchev–Trinajstić information content (AvgIpc) is 3.26. The molecule has 3 N–H and O–H groups in total. The number of aromatic hydroxyl groups is 1. The second kappa shape index (κ2) is 8.37. The number of pyridine rings is 2. The van der Waals surface area contributed by atoms with E-state index in [1.54, 1.807) is 0 Å². The topological polar surface area (TPSA) is 86.7 Å². The van der Waals surface area contributed by atoms with E-state index in [1.807, 2.05) is 43.5 Å². The fourth-order valence-corrected chi connectivity index (χ4v) is 5.51. The molecule has 0 amide bonds. The van der Waals surface area contributed by atoms with Crippen LogP contribution in [0.2, 0.25) is 0 Å². The number of fused-ring (bicyclic) bond motifs is 1. The molecule has 1 aliphatic heterocycles. The summed E-state index contributed by atoms with van der Waals surface area (Å²) in [7, 11) is 0. The van der Waals surface area contributed by atoms with Gasteiger partial charge in [0.15, 0.2) is 0 Å². The molecule has 3 aromatic heterocycles. The predicted molar refractivity (Wildman–Crippen MR) is 135 cm³/mol. The van der Waals surface area contributed by atoms with Gasteiger partial charge in [-0.05, 0) is 99.0 Å². The highest BCUT2D eigenvalue weighted by Crippen LogP contribution is 2.44. The van der Waals surface area contributed by atoms with E-state index in [1.165, 1.54) is 36.8 Å². The summed E-state index contributed by atoms with van der Waals surface area (Å²) in [4.78, 5) is 16.7. The van der Waals surface area contributed by atoms with E-state index < -0.39 is 0 Å². The molecule has 0 radical (unpaired) electrons. The Morgan fingerprint density at radius 3 is 2.62 bits per heavy atom. The Bertz CT molecular complexity index is 1400. The zero-order chi connectivity index (χ0) is 23.1. The van der Waals surface area contributed by atoms with Crippen molar-refractivity contribution in [3.8, 4) is 28.7 Å². The maximum Gasteiger partial charge on any atom is 0.292 e.